The number of aromatic nitrogens is 1. The molecular weight excluding hydrogens is 203 g/mol. The molecule has 0 saturated heterocycles. The maximum Gasteiger partial charge on any atom is 0.165 e. The van der Waals surface area contributed by atoms with E-state index in [-0.39, 0.29) is 5.82 Å². The van der Waals surface area contributed by atoms with Gasteiger partial charge in [0.25, 0.3) is 0 Å². The van der Waals surface area contributed by atoms with E-state index in [0.717, 1.165) is 18.9 Å². The molecule has 0 radical (unpaired) electrons. The molecule has 1 heterocycles. The Morgan fingerprint density at radius 1 is 1.31 bits per heavy atom. The Morgan fingerprint density at radius 2 is 2.12 bits per heavy atom. The fourth-order valence-corrected chi connectivity index (χ4v) is 2.39. The first-order valence-corrected chi connectivity index (χ1v) is 6.20. The molecule has 88 valence electrons. The number of anilines is 1. The number of nitrogens with zero attached hydrogens (tertiary/aromatic N) is 1. The molecule has 1 N–H and O–H groups in total. The largest absolute Gasteiger partial charge is 0.368 e. The van der Waals surface area contributed by atoms with E-state index < -0.39 is 0 Å². The summed E-state index contributed by atoms with van der Waals surface area (Å²) in [4.78, 5) is 3.97. The van der Waals surface area contributed by atoms with Crippen molar-refractivity contribution in [2.24, 2.45) is 5.92 Å². The van der Waals surface area contributed by atoms with Crippen LogP contribution < -0.4 is 5.32 Å². The summed E-state index contributed by atoms with van der Waals surface area (Å²) in [6.07, 6.45) is 9.55. The first-order chi connectivity index (χ1) is 7.86. The van der Waals surface area contributed by atoms with Crippen LogP contribution >= 0.6 is 0 Å². The van der Waals surface area contributed by atoms with Crippen molar-refractivity contribution in [3.63, 3.8) is 0 Å². The van der Waals surface area contributed by atoms with Gasteiger partial charge >= 0.3 is 0 Å². The molecule has 0 aliphatic heterocycles. The second-order valence-electron chi connectivity index (χ2n) is 4.55. The van der Waals surface area contributed by atoms with Crippen molar-refractivity contribution >= 4 is 5.82 Å². The van der Waals surface area contributed by atoms with Gasteiger partial charge in [0.2, 0.25) is 0 Å². The molecule has 0 atom stereocenters. The summed E-state index contributed by atoms with van der Waals surface area (Å²) in [5.74, 6) is 0.956. The molecule has 1 aliphatic rings. The zero-order chi connectivity index (χ0) is 11.2. The molecule has 1 aliphatic carbocycles. The van der Waals surface area contributed by atoms with Gasteiger partial charge < -0.3 is 5.32 Å². The zero-order valence-electron chi connectivity index (χ0n) is 9.58. The Kier molecular flexibility index (Phi) is 4.14. The third-order valence-corrected chi connectivity index (χ3v) is 3.33. The summed E-state index contributed by atoms with van der Waals surface area (Å²) >= 11 is 0. The number of pyridine rings is 1. The van der Waals surface area contributed by atoms with Gasteiger partial charge in [-0.15, -0.1) is 0 Å². The Balaban J connectivity index is 1.73. The van der Waals surface area contributed by atoms with Gasteiger partial charge in [-0.1, -0.05) is 32.1 Å². The zero-order valence-corrected chi connectivity index (χ0v) is 9.58. The van der Waals surface area contributed by atoms with E-state index in [4.69, 9.17) is 0 Å². The van der Waals surface area contributed by atoms with E-state index in [1.54, 1.807) is 12.3 Å². The predicted octanol–water partition coefficient (Wildman–Crippen LogP) is 3.60. The minimum absolute atomic E-state index is 0.258. The SMILES string of the molecule is Fc1cccnc1NCCC1CCCCC1. The summed E-state index contributed by atoms with van der Waals surface area (Å²) in [6.45, 7) is 0.832. The Labute approximate surface area is 96.3 Å². The third-order valence-electron chi connectivity index (χ3n) is 3.33. The second-order valence-corrected chi connectivity index (χ2v) is 4.55. The highest BCUT2D eigenvalue weighted by Gasteiger charge is 2.12. The van der Waals surface area contributed by atoms with E-state index in [1.165, 1.54) is 38.2 Å². The molecule has 1 fully saturated rings. The molecule has 2 nitrogen and oxygen atoms in total. The lowest BCUT2D eigenvalue weighted by atomic mass is 9.87. The van der Waals surface area contributed by atoms with Crippen molar-refractivity contribution in [1.29, 1.82) is 0 Å². The molecule has 0 spiro atoms. The fraction of sp³-hybridized carbons (Fsp3) is 0.615. The maximum absolute atomic E-state index is 13.2. The van der Waals surface area contributed by atoms with E-state index in [0.29, 0.717) is 5.82 Å². The van der Waals surface area contributed by atoms with Gasteiger partial charge in [-0.3, -0.25) is 0 Å². The van der Waals surface area contributed by atoms with Crippen molar-refractivity contribution in [3.8, 4) is 0 Å². The summed E-state index contributed by atoms with van der Waals surface area (Å²) in [6, 6.07) is 3.05. The van der Waals surface area contributed by atoms with Crippen molar-refractivity contribution in [1.82, 2.24) is 4.98 Å². The standard InChI is InChI=1S/C13H19FN2/c14-12-7-4-9-15-13(12)16-10-8-11-5-2-1-3-6-11/h4,7,9,11H,1-3,5-6,8,10H2,(H,15,16). The minimum Gasteiger partial charge on any atom is -0.368 e. The molecule has 0 unspecified atom stereocenters. The normalized spacial score (nSPS) is 17.3. The van der Waals surface area contributed by atoms with Crippen LogP contribution in [0, 0.1) is 11.7 Å². The second kappa shape index (κ2) is 5.83. The number of hydrogen-bond donors (Lipinski definition) is 1. The smallest absolute Gasteiger partial charge is 0.165 e. The molecule has 0 aromatic carbocycles. The highest BCUT2D eigenvalue weighted by Crippen LogP contribution is 2.26. The Bertz CT molecular complexity index is 321. The van der Waals surface area contributed by atoms with Gasteiger partial charge in [0, 0.05) is 12.7 Å². The molecule has 16 heavy (non-hydrogen) atoms. The fourth-order valence-electron chi connectivity index (χ4n) is 2.39. The predicted molar refractivity (Wildman–Crippen MR) is 63.9 cm³/mol. The van der Waals surface area contributed by atoms with Crippen LogP contribution in [0.1, 0.15) is 38.5 Å². The molecule has 3 heteroatoms. The quantitative estimate of drug-likeness (QED) is 0.841. The van der Waals surface area contributed by atoms with E-state index in [1.807, 2.05) is 0 Å². The van der Waals surface area contributed by atoms with Crippen LogP contribution in [0.4, 0.5) is 10.2 Å². The molecule has 1 saturated carbocycles. The van der Waals surface area contributed by atoms with Gasteiger partial charge in [-0.05, 0) is 24.5 Å². The monoisotopic (exact) mass is 222 g/mol. The molecule has 0 bridgehead atoms. The van der Waals surface area contributed by atoms with Crippen LogP contribution in [-0.2, 0) is 0 Å². The summed E-state index contributed by atoms with van der Waals surface area (Å²) in [5, 5.41) is 3.07. The lowest BCUT2D eigenvalue weighted by Crippen LogP contribution is -2.13. The maximum atomic E-state index is 13.2. The van der Waals surface area contributed by atoms with Gasteiger partial charge in [-0.2, -0.15) is 0 Å². The lowest BCUT2D eigenvalue weighted by molar-refractivity contribution is 0.345. The molecule has 1 aromatic rings. The lowest BCUT2D eigenvalue weighted by Gasteiger charge is -2.21. The highest BCUT2D eigenvalue weighted by atomic mass is 19.1. The number of hydrogen-bond acceptors (Lipinski definition) is 2. The number of halogens is 1. The topological polar surface area (TPSA) is 24.9 Å². The Hall–Kier alpha value is -1.12. The molecule has 2 rings (SSSR count). The van der Waals surface area contributed by atoms with E-state index in [2.05, 4.69) is 10.3 Å². The van der Waals surface area contributed by atoms with Gasteiger partial charge in [0.15, 0.2) is 11.6 Å². The summed E-state index contributed by atoms with van der Waals surface area (Å²) in [5.41, 5.74) is 0. The van der Waals surface area contributed by atoms with Crippen molar-refractivity contribution < 1.29 is 4.39 Å². The number of nitrogens with one attached hydrogen (secondary N) is 1. The van der Waals surface area contributed by atoms with Gasteiger partial charge in [0.1, 0.15) is 0 Å². The van der Waals surface area contributed by atoms with Gasteiger partial charge in [0.05, 0.1) is 0 Å². The third kappa shape index (κ3) is 3.19. The highest BCUT2D eigenvalue weighted by molar-refractivity contribution is 5.35. The van der Waals surface area contributed by atoms with Crippen LogP contribution in [0.2, 0.25) is 0 Å². The van der Waals surface area contributed by atoms with Crippen LogP contribution in [0.15, 0.2) is 18.3 Å². The Morgan fingerprint density at radius 3 is 2.88 bits per heavy atom. The van der Waals surface area contributed by atoms with Crippen LogP contribution in [0.5, 0.6) is 0 Å². The average Bonchev–Trinajstić information content (AvgIpc) is 2.33. The first-order valence-electron chi connectivity index (χ1n) is 6.20. The van der Waals surface area contributed by atoms with Crippen LogP contribution in [0.25, 0.3) is 0 Å². The van der Waals surface area contributed by atoms with E-state index >= 15 is 0 Å². The van der Waals surface area contributed by atoms with E-state index in [9.17, 15) is 4.39 Å². The van der Waals surface area contributed by atoms with Crippen molar-refractivity contribution in [3.05, 3.63) is 24.1 Å². The molecule has 1 aromatic heterocycles. The molecule has 0 amide bonds. The summed E-state index contributed by atoms with van der Waals surface area (Å²) in [7, 11) is 0. The van der Waals surface area contributed by atoms with Crippen molar-refractivity contribution in [2.45, 2.75) is 38.5 Å². The van der Waals surface area contributed by atoms with Crippen LogP contribution in [0.3, 0.4) is 0 Å². The van der Waals surface area contributed by atoms with Crippen LogP contribution in [-0.4, -0.2) is 11.5 Å². The number of rotatable bonds is 4. The molecular formula is C13H19FN2. The van der Waals surface area contributed by atoms with Crippen molar-refractivity contribution in [2.75, 3.05) is 11.9 Å². The first kappa shape index (κ1) is 11.4. The van der Waals surface area contributed by atoms with Gasteiger partial charge in [-0.25, -0.2) is 9.37 Å². The minimum atomic E-state index is -0.258. The summed E-state index contributed by atoms with van der Waals surface area (Å²) < 4.78 is 13.2. The average molecular weight is 222 g/mol.